The molecule has 550 valence electrons. The quantitative estimate of drug-likeness (QED) is 0.142. The molecular formula is C86H117N13O2S2. The molecular weight excluding hydrogens is 1310 g/mol. The van der Waals surface area contributed by atoms with Gasteiger partial charge in [-0.1, -0.05) is 10.3 Å². The highest BCUT2D eigenvalue weighted by atomic mass is 32.1. The molecule has 0 bridgehead atoms. The minimum atomic E-state index is 0.746. The number of hydrogen-bond donors (Lipinski definition) is 0. The molecule has 0 radical (unpaired) electrons. The summed E-state index contributed by atoms with van der Waals surface area (Å²) in [6.45, 7) is 74.5. The topological polar surface area (TPSA) is 162 Å². The monoisotopic (exact) mass is 1430 g/mol. The van der Waals surface area contributed by atoms with Gasteiger partial charge in [0, 0.05) is 63.0 Å². The third-order valence-corrected chi connectivity index (χ3v) is 25.4. The van der Waals surface area contributed by atoms with Crippen LogP contribution < -0.4 is 0 Å². The Balaban J connectivity index is 0.000000167. The van der Waals surface area contributed by atoms with E-state index < -0.39 is 0 Å². The average molecular weight is 1430 g/mol. The second kappa shape index (κ2) is 32.1. The molecule has 0 unspecified atom stereocenters. The molecule has 15 nitrogen and oxygen atoms in total. The molecule has 0 atom stereocenters. The van der Waals surface area contributed by atoms with E-state index in [0.717, 1.165) is 78.8 Å². The third kappa shape index (κ3) is 15.6. The molecule has 5 aromatic carbocycles. The van der Waals surface area contributed by atoms with Gasteiger partial charge in [0.15, 0.2) is 11.5 Å². The van der Waals surface area contributed by atoms with Crippen LogP contribution in [-0.4, -0.2) is 62.2 Å². The second-order valence-electron chi connectivity index (χ2n) is 28.9. The first kappa shape index (κ1) is 81.6. The van der Waals surface area contributed by atoms with Crippen LogP contribution in [-0.2, 0) is 28.2 Å². The van der Waals surface area contributed by atoms with Gasteiger partial charge < -0.3 is 22.7 Å². The number of imidazole rings is 2. The lowest BCUT2D eigenvalue weighted by atomic mass is 9.94. The minimum absolute atomic E-state index is 0.746. The largest absolute Gasteiger partial charge is 0.441 e. The van der Waals surface area contributed by atoms with Crippen molar-refractivity contribution < 1.29 is 9.05 Å². The number of aryl methyl sites for hydroxylation is 26. The fourth-order valence-corrected chi connectivity index (χ4v) is 15.2. The number of aromatic nitrogens is 13. The zero-order valence-electron chi connectivity index (χ0n) is 69.9. The molecule has 14 aromatic rings. The van der Waals surface area contributed by atoms with Crippen LogP contribution in [0.25, 0.3) is 65.3 Å². The SMILES string of the molecule is Cc1c(C)c(C)c2c(c1C)c(C)c(C)n2C.Cc1c(C)c(C)c2c(nc(C)n2C)c1C.Cc1c(C)c(C)c2c(nc(C)n2C)c1C.Cc1nc2c(C)c(C)c(C)c(C)c2o1.Cc1nc2c(C)c(C)c(C)c(C)c2s1.Cc1nc2c(c(C)c1C)c(C)c(C)n2C.Cc1nonc1C.Cc1nsnc1C. The van der Waals surface area contributed by atoms with E-state index in [-0.39, 0.29) is 0 Å². The Bertz CT molecular complexity index is 5140. The molecule has 0 fully saturated rings. The summed E-state index contributed by atoms with van der Waals surface area (Å²) in [7, 11) is 8.44. The number of benzene rings is 5. The lowest BCUT2D eigenvalue weighted by Gasteiger charge is -2.12. The Morgan fingerprint density at radius 3 is 1.07 bits per heavy atom. The molecule has 9 aromatic heterocycles. The van der Waals surface area contributed by atoms with E-state index in [1.54, 1.807) is 11.3 Å². The van der Waals surface area contributed by atoms with E-state index in [0.29, 0.717) is 0 Å². The summed E-state index contributed by atoms with van der Waals surface area (Å²) >= 11 is 3.07. The highest BCUT2D eigenvalue weighted by Gasteiger charge is 2.21. The van der Waals surface area contributed by atoms with Gasteiger partial charge in [-0.2, -0.15) is 8.75 Å². The molecule has 0 aliphatic rings. The predicted molar refractivity (Wildman–Crippen MR) is 439 cm³/mol. The van der Waals surface area contributed by atoms with E-state index in [4.69, 9.17) is 4.42 Å². The van der Waals surface area contributed by atoms with E-state index in [1.165, 1.54) is 194 Å². The van der Waals surface area contributed by atoms with Crippen molar-refractivity contribution in [1.82, 2.24) is 62.2 Å². The van der Waals surface area contributed by atoms with E-state index in [9.17, 15) is 0 Å². The van der Waals surface area contributed by atoms with Crippen molar-refractivity contribution in [3.05, 3.63) is 196 Å². The van der Waals surface area contributed by atoms with Crippen molar-refractivity contribution in [2.24, 2.45) is 28.2 Å². The van der Waals surface area contributed by atoms with Crippen molar-refractivity contribution >= 4 is 88.4 Å². The maximum Gasteiger partial charge on any atom is 0.192 e. The zero-order chi connectivity index (χ0) is 77.6. The van der Waals surface area contributed by atoms with Gasteiger partial charge >= 0.3 is 0 Å². The summed E-state index contributed by atoms with van der Waals surface area (Å²) in [6.07, 6.45) is 0. The van der Waals surface area contributed by atoms with E-state index in [2.05, 4.69) is 303 Å². The number of rotatable bonds is 0. The zero-order valence-corrected chi connectivity index (χ0v) is 71.6. The van der Waals surface area contributed by atoms with Crippen molar-refractivity contribution in [3.63, 3.8) is 0 Å². The Morgan fingerprint density at radius 1 is 0.272 bits per heavy atom. The van der Waals surface area contributed by atoms with Crippen molar-refractivity contribution in [2.45, 2.75) is 242 Å². The number of thiazole rings is 1. The van der Waals surface area contributed by atoms with Gasteiger partial charge in [0.2, 0.25) is 0 Å². The number of nitrogens with zero attached hydrogens (tertiary/aromatic N) is 13. The van der Waals surface area contributed by atoms with Crippen LogP contribution in [0, 0.1) is 242 Å². The predicted octanol–water partition coefficient (Wildman–Crippen LogP) is 22.4. The van der Waals surface area contributed by atoms with Gasteiger partial charge in [-0.25, -0.2) is 29.5 Å². The van der Waals surface area contributed by atoms with Crippen LogP contribution in [0.4, 0.5) is 0 Å². The van der Waals surface area contributed by atoms with Crippen LogP contribution in [0.3, 0.4) is 0 Å². The van der Waals surface area contributed by atoms with Crippen LogP contribution in [0.1, 0.15) is 196 Å². The summed E-state index contributed by atoms with van der Waals surface area (Å²) in [5, 5.41) is 11.0. The van der Waals surface area contributed by atoms with Crippen LogP contribution in [0.2, 0.25) is 0 Å². The Labute approximate surface area is 622 Å². The standard InChI is InChI=1S/C15H21N.3C13H18N2.C12H15NO.C12H15NS.C4H6N2O.C4H6N2S/c1-8-9(2)11(4)15-14(10(8)3)12(5)13(6)16(15)7;1-7-8(2)12-9(3)11(5)15(6)13(12)14-10(7)4;2*1-7-8(2)10(4)13-12(9(7)3)14-11(5)15(13)6;2*1-6-7(2)9(4)12-11(8(6)3)13-10(5)14-12;2*1-3-4(2)6-7-5-3/h1-7H3;3*1-6H3;2*1-5H3;2*1-2H3. The molecule has 103 heavy (non-hydrogen) atoms. The Morgan fingerprint density at radius 2 is 0.641 bits per heavy atom. The lowest BCUT2D eigenvalue weighted by Crippen LogP contribution is -1.97. The molecule has 0 saturated heterocycles. The number of fused-ring (bicyclic) bond motifs is 6. The van der Waals surface area contributed by atoms with Gasteiger partial charge in [0.05, 0.1) is 65.9 Å². The molecule has 0 amide bonds. The highest BCUT2D eigenvalue weighted by Crippen LogP contribution is 2.37. The molecule has 14 rings (SSSR count). The van der Waals surface area contributed by atoms with E-state index >= 15 is 0 Å². The highest BCUT2D eigenvalue weighted by molar-refractivity contribution is 7.18. The smallest absolute Gasteiger partial charge is 0.192 e. The number of pyridine rings is 1. The maximum absolute atomic E-state index is 5.60. The van der Waals surface area contributed by atoms with E-state index in [1.807, 2.05) is 34.6 Å². The molecule has 9 heterocycles. The van der Waals surface area contributed by atoms with Crippen molar-refractivity contribution in [3.8, 4) is 0 Å². The van der Waals surface area contributed by atoms with Gasteiger partial charge in [-0.3, -0.25) is 0 Å². The third-order valence-electron chi connectivity index (χ3n) is 23.6. The summed E-state index contributed by atoms with van der Waals surface area (Å²) in [4.78, 5) is 23.0. The van der Waals surface area contributed by atoms with Gasteiger partial charge in [-0.05, 0) is 369 Å². The number of oxazole rings is 1. The fourth-order valence-electron chi connectivity index (χ4n) is 13.7. The van der Waals surface area contributed by atoms with Crippen molar-refractivity contribution in [1.29, 1.82) is 0 Å². The first-order valence-electron chi connectivity index (χ1n) is 35.8. The molecule has 0 aliphatic carbocycles. The van der Waals surface area contributed by atoms with Gasteiger partial charge in [0.1, 0.15) is 34.2 Å². The summed E-state index contributed by atoms with van der Waals surface area (Å²) in [5.74, 6) is 2.92. The fraction of sp³-hybridized carbons (Fsp3) is 0.453. The van der Waals surface area contributed by atoms with Crippen LogP contribution >= 0.6 is 23.1 Å². The van der Waals surface area contributed by atoms with Gasteiger partial charge in [0.25, 0.3) is 0 Å². The summed E-state index contributed by atoms with van der Waals surface area (Å²) in [5.41, 5.74) is 51.0. The minimum Gasteiger partial charge on any atom is -0.441 e. The molecule has 0 spiro atoms. The molecule has 17 heteroatoms. The van der Waals surface area contributed by atoms with Crippen LogP contribution in [0.5, 0.6) is 0 Å². The maximum atomic E-state index is 5.60. The van der Waals surface area contributed by atoms with Crippen molar-refractivity contribution in [2.75, 3.05) is 0 Å². The molecule has 0 aliphatic heterocycles. The molecule has 0 saturated carbocycles. The Hall–Kier alpha value is -8.67. The summed E-state index contributed by atoms with van der Waals surface area (Å²) in [6, 6.07) is 0. The first-order valence-corrected chi connectivity index (χ1v) is 37.3. The second-order valence-corrected chi connectivity index (χ2v) is 30.7. The number of hydrogen-bond acceptors (Lipinski definition) is 13. The average Bonchev–Trinajstić information content (AvgIpc) is 2.12. The van der Waals surface area contributed by atoms with Crippen LogP contribution in [0.15, 0.2) is 9.05 Å². The lowest BCUT2D eigenvalue weighted by molar-refractivity contribution is 0.302. The summed E-state index contributed by atoms with van der Waals surface area (Å²) < 4.78 is 28.1. The Kier molecular flexibility index (Phi) is 25.5. The normalized spacial score (nSPS) is 11.1. The first-order chi connectivity index (χ1) is 47.9. The molecule has 0 N–H and O–H groups in total. The van der Waals surface area contributed by atoms with Gasteiger partial charge in [-0.15, -0.1) is 11.3 Å².